The molecule has 0 unspecified atom stereocenters. The lowest BCUT2D eigenvalue weighted by Gasteiger charge is -2.24. The number of phenolic OH excluding ortho intramolecular Hbond substituents is 1. The first-order valence-corrected chi connectivity index (χ1v) is 8.13. The van der Waals surface area contributed by atoms with Gasteiger partial charge in [-0.1, -0.05) is 12.1 Å². The summed E-state index contributed by atoms with van der Waals surface area (Å²) in [6.45, 7) is 1.90. The molecule has 3 heterocycles. The number of amides is 1. The lowest BCUT2D eigenvalue weighted by atomic mass is 9.86. The Bertz CT molecular complexity index is 964. The zero-order valence-corrected chi connectivity index (χ0v) is 14.3. The van der Waals surface area contributed by atoms with Crippen molar-refractivity contribution >= 4 is 11.7 Å². The van der Waals surface area contributed by atoms with Gasteiger partial charge in [0.15, 0.2) is 5.82 Å². The quantitative estimate of drug-likeness (QED) is 0.750. The van der Waals surface area contributed by atoms with E-state index in [-0.39, 0.29) is 17.6 Å². The molecule has 8 heteroatoms. The van der Waals surface area contributed by atoms with E-state index in [0.29, 0.717) is 23.9 Å². The Morgan fingerprint density at radius 1 is 1.19 bits per heavy atom. The van der Waals surface area contributed by atoms with Gasteiger partial charge in [-0.3, -0.25) is 4.79 Å². The molecular formula is C18H17N5O3. The fourth-order valence-electron chi connectivity index (χ4n) is 3.24. The highest BCUT2D eigenvalue weighted by atomic mass is 16.5. The van der Waals surface area contributed by atoms with Gasteiger partial charge in [0, 0.05) is 24.0 Å². The molecule has 2 N–H and O–H groups in total. The van der Waals surface area contributed by atoms with Gasteiger partial charge in [-0.2, -0.15) is 9.78 Å². The van der Waals surface area contributed by atoms with Crippen molar-refractivity contribution in [2.75, 3.05) is 12.4 Å². The second-order valence-corrected chi connectivity index (χ2v) is 6.09. The van der Waals surface area contributed by atoms with E-state index in [9.17, 15) is 9.90 Å². The SMILES string of the molecule is COc1ccc(-n2nc(C)c3c2NC(=O)C[C@H]3c2ccc(O)cc2)nn1. The number of carbonyl (C=O) groups excluding carboxylic acids is 1. The number of nitrogens with zero attached hydrogens (tertiary/aromatic N) is 4. The first kappa shape index (κ1) is 16.1. The van der Waals surface area contributed by atoms with Gasteiger partial charge in [0.2, 0.25) is 11.8 Å². The predicted octanol–water partition coefficient (Wildman–Crippen LogP) is 2.16. The highest BCUT2D eigenvalue weighted by Crippen LogP contribution is 2.40. The molecule has 0 saturated heterocycles. The van der Waals surface area contributed by atoms with Gasteiger partial charge in [-0.05, 0) is 30.7 Å². The molecule has 132 valence electrons. The molecule has 0 saturated carbocycles. The van der Waals surface area contributed by atoms with Crippen molar-refractivity contribution in [1.29, 1.82) is 0 Å². The molecule has 0 aliphatic carbocycles. The highest BCUT2D eigenvalue weighted by molar-refractivity contribution is 5.95. The van der Waals surface area contributed by atoms with Crippen LogP contribution in [0, 0.1) is 6.92 Å². The third kappa shape index (κ3) is 2.65. The summed E-state index contributed by atoms with van der Waals surface area (Å²) in [5.74, 6) is 1.43. The summed E-state index contributed by atoms with van der Waals surface area (Å²) in [7, 11) is 1.52. The second-order valence-electron chi connectivity index (χ2n) is 6.09. The molecule has 1 atom stereocenters. The normalized spacial score (nSPS) is 16.1. The van der Waals surface area contributed by atoms with E-state index in [1.165, 1.54) is 7.11 Å². The molecule has 26 heavy (non-hydrogen) atoms. The number of aryl methyl sites for hydroxylation is 1. The molecular weight excluding hydrogens is 334 g/mol. The van der Waals surface area contributed by atoms with E-state index in [1.54, 1.807) is 28.9 Å². The van der Waals surface area contributed by atoms with Gasteiger partial charge in [-0.25, -0.2) is 0 Å². The lowest BCUT2D eigenvalue weighted by Crippen LogP contribution is -2.25. The zero-order valence-electron chi connectivity index (χ0n) is 14.3. The molecule has 3 aromatic rings. The van der Waals surface area contributed by atoms with Crippen LogP contribution < -0.4 is 10.1 Å². The number of aromatic hydroxyl groups is 1. The standard InChI is InChI=1S/C18H17N5O3/c1-10-17-13(11-3-5-12(24)6-4-11)9-15(25)19-18(17)23(22-10)14-7-8-16(26-2)21-20-14/h3-8,13,24H,9H2,1-2H3,(H,19,25)/t13-/m0/s1. The number of aromatic nitrogens is 4. The number of nitrogens with one attached hydrogen (secondary N) is 1. The summed E-state index contributed by atoms with van der Waals surface area (Å²) >= 11 is 0. The number of ether oxygens (including phenoxy) is 1. The number of phenols is 1. The average molecular weight is 351 g/mol. The largest absolute Gasteiger partial charge is 0.508 e. The fourth-order valence-corrected chi connectivity index (χ4v) is 3.24. The van der Waals surface area contributed by atoms with E-state index in [4.69, 9.17) is 4.74 Å². The predicted molar refractivity (Wildman–Crippen MR) is 93.6 cm³/mol. The molecule has 0 bridgehead atoms. The van der Waals surface area contributed by atoms with Crippen molar-refractivity contribution in [2.24, 2.45) is 0 Å². The highest BCUT2D eigenvalue weighted by Gasteiger charge is 2.32. The molecule has 4 rings (SSSR count). The number of hydrogen-bond acceptors (Lipinski definition) is 6. The Balaban J connectivity index is 1.82. The topological polar surface area (TPSA) is 102 Å². The van der Waals surface area contributed by atoms with E-state index in [2.05, 4.69) is 20.6 Å². The molecule has 1 aliphatic heterocycles. The van der Waals surface area contributed by atoms with Crippen LogP contribution in [-0.2, 0) is 4.79 Å². The molecule has 0 spiro atoms. The molecule has 0 fully saturated rings. The van der Waals surface area contributed by atoms with Crippen LogP contribution in [0.2, 0.25) is 0 Å². The van der Waals surface area contributed by atoms with Crippen molar-refractivity contribution in [3.05, 3.63) is 53.2 Å². The van der Waals surface area contributed by atoms with Crippen molar-refractivity contribution in [3.8, 4) is 17.4 Å². The van der Waals surface area contributed by atoms with Gasteiger partial charge in [-0.15, -0.1) is 10.2 Å². The van der Waals surface area contributed by atoms with Crippen molar-refractivity contribution in [2.45, 2.75) is 19.3 Å². The molecule has 2 aromatic heterocycles. The summed E-state index contributed by atoms with van der Waals surface area (Å²) < 4.78 is 6.62. The number of anilines is 1. The summed E-state index contributed by atoms with van der Waals surface area (Å²) in [6, 6.07) is 10.3. The van der Waals surface area contributed by atoms with Crippen molar-refractivity contribution in [3.63, 3.8) is 0 Å². The Morgan fingerprint density at radius 3 is 2.62 bits per heavy atom. The zero-order chi connectivity index (χ0) is 18.3. The minimum atomic E-state index is -0.140. The number of benzene rings is 1. The van der Waals surface area contributed by atoms with Gasteiger partial charge in [0.1, 0.15) is 11.6 Å². The fraction of sp³-hybridized carbons (Fsp3) is 0.222. The van der Waals surface area contributed by atoms with E-state index < -0.39 is 0 Å². The summed E-state index contributed by atoms with van der Waals surface area (Å²) in [6.07, 6.45) is 0.318. The van der Waals surface area contributed by atoms with Crippen LogP contribution in [0.3, 0.4) is 0 Å². The first-order chi connectivity index (χ1) is 12.6. The maximum absolute atomic E-state index is 12.3. The van der Waals surface area contributed by atoms with Gasteiger partial charge >= 0.3 is 0 Å². The summed E-state index contributed by atoms with van der Waals surface area (Å²) in [4.78, 5) is 12.3. The van der Waals surface area contributed by atoms with Crippen LogP contribution in [0.25, 0.3) is 5.82 Å². The molecule has 1 amide bonds. The van der Waals surface area contributed by atoms with Crippen LogP contribution in [0.1, 0.15) is 29.2 Å². The second kappa shape index (κ2) is 6.14. The molecule has 1 aliphatic rings. The van der Waals surface area contributed by atoms with Gasteiger partial charge in [0.05, 0.1) is 12.8 Å². The number of carbonyl (C=O) groups is 1. The molecule has 8 nitrogen and oxygen atoms in total. The number of fused-ring (bicyclic) bond motifs is 1. The summed E-state index contributed by atoms with van der Waals surface area (Å²) in [5.41, 5.74) is 2.69. The Hall–Kier alpha value is -3.42. The Labute approximate surface area is 149 Å². The van der Waals surface area contributed by atoms with Crippen LogP contribution in [0.4, 0.5) is 5.82 Å². The number of rotatable bonds is 3. The van der Waals surface area contributed by atoms with Crippen LogP contribution in [0.15, 0.2) is 36.4 Å². The third-order valence-corrected chi connectivity index (χ3v) is 4.45. The maximum atomic E-state index is 12.3. The number of methoxy groups -OCH3 is 1. The minimum absolute atomic E-state index is 0.0989. The summed E-state index contributed by atoms with van der Waals surface area (Å²) in [5, 5.41) is 25.1. The van der Waals surface area contributed by atoms with Crippen LogP contribution >= 0.6 is 0 Å². The van der Waals surface area contributed by atoms with Gasteiger partial charge in [0.25, 0.3) is 0 Å². The number of hydrogen-bond donors (Lipinski definition) is 2. The molecule has 0 radical (unpaired) electrons. The maximum Gasteiger partial charge on any atom is 0.233 e. The van der Waals surface area contributed by atoms with Crippen LogP contribution in [0.5, 0.6) is 11.6 Å². The lowest BCUT2D eigenvalue weighted by molar-refractivity contribution is -0.116. The van der Waals surface area contributed by atoms with E-state index in [1.807, 2.05) is 19.1 Å². The minimum Gasteiger partial charge on any atom is -0.508 e. The van der Waals surface area contributed by atoms with Crippen molar-refractivity contribution < 1.29 is 14.6 Å². The van der Waals surface area contributed by atoms with E-state index >= 15 is 0 Å². The third-order valence-electron chi connectivity index (χ3n) is 4.45. The van der Waals surface area contributed by atoms with E-state index in [0.717, 1.165) is 16.8 Å². The van der Waals surface area contributed by atoms with Crippen LogP contribution in [-0.4, -0.2) is 38.1 Å². The Morgan fingerprint density at radius 2 is 1.96 bits per heavy atom. The molecule has 1 aromatic carbocycles. The van der Waals surface area contributed by atoms with Crippen molar-refractivity contribution in [1.82, 2.24) is 20.0 Å². The average Bonchev–Trinajstić information content (AvgIpc) is 2.98. The smallest absolute Gasteiger partial charge is 0.233 e. The first-order valence-electron chi connectivity index (χ1n) is 8.13. The van der Waals surface area contributed by atoms with Gasteiger partial charge < -0.3 is 15.2 Å². The monoisotopic (exact) mass is 351 g/mol. The Kier molecular flexibility index (Phi) is 3.80.